The van der Waals surface area contributed by atoms with Crippen LogP contribution in [0.25, 0.3) is 11.1 Å². The summed E-state index contributed by atoms with van der Waals surface area (Å²) in [5, 5.41) is 4.63. The number of aromatic nitrogens is 1. The zero-order valence-corrected chi connectivity index (χ0v) is 16.0. The third-order valence-electron chi connectivity index (χ3n) is 4.31. The van der Waals surface area contributed by atoms with Gasteiger partial charge >= 0.3 is 0 Å². The highest BCUT2D eigenvalue weighted by atomic mass is 35.5. The molecule has 0 amide bonds. The predicted molar refractivity (Wildman–Crippen MR) is 108 cm³/mol. The fraction of sp³-hybridized carbons (Fsp3) is 0.190. The van der Waals surface area contributed by atoms with Crippen LogP contribution in [0, 0.1) is 0 Å². The van der Waals surface area contributed by atoms with E-state index in [9.17, 15) is 0 Å². The van der Waals surface area contributed by atoms with Gasteiger partial charge in [-0.1, -0.05) is 41.4 Å². The van der Waals surface area contributed by atoms with Gasteiger partial charge in [0.15, 0.2) is 11.5 Å². The number of benzene rings is 2. The van der Waals surface area contributed by atoms with Crippen molar-refractivity contribution in [2.75, 3.05) is 13.2 Å². The minimum atomic E-state index is -0.0262. The second kappa shape index (κ2) is 8.17. The Kier molecular flexibility index (Phi) is 5.48. The summed E-state index contributed by atoms with van der Waals surface area (Å²) in [7, 11) is 0. The van der Waals surface area contributed by atoms with Gasteiger partial charge in [-0.05, 0) is 35.9 Å². The average Bonchev–Trinajstić information content (AvgIpc) is 2.68. The predicted octanol–water partition coefficient (Wildman–Crippen LogP) is 4.99. The molecule has 0 saturated heterocycles. The van der Waals surface area contributed by atoms with Crippen LogP contribution in [-0.2, 0) is 6.54 Å². The molecule has 0 aliphatic carbocycles. The number of hydrogen-bond acceptors (Lipinski definition) is 4. The number of fused-ring (bicyclic) bond motifs is 1. The van der Waals surface area contributed by atoms with Gasteiger partial charge in [-0.15, -0.1) is 0 Å². The molecule has 4 rings (SSSR count). The Hall–Kier alpha value is -2.27. The molecule has 0 saturated carbocycles. The van der Waals surface area contributed by atoms with Gasteiger partial charge in [0, 0.05) is 46.7 Å². The third kappa shape index (κ3) is 4.35. The van der Waals surface area contributed by atoms with E-state index in [4.69, 9.17) is 32.7 Å². The molecule has 3 aromatic rings. The third-order valence-corrected chi connectivity index (χ3v) is 4.85. The lowest BCUT2D eigenvalue weighted by Crippen LogP contribution is -2.38. The van der Waals surface area contributed by atoms with E-state index in [1.165, 1.54) is 0 Å². The van der Waals surface area contributed by atoms with E-state index in [1.54, 1.807) is 12.3 Å². The number of nitrogens with one attached hydrogen (secondary N) is 1. The number of ether oxygens (including phenoxy) is 2. The Balaban J connectivity index is 1.37. The summed E-state index contributed by atoms with van der Waals surface area (Å²) in [5.74, 6) is 1.59. The minimum Gasteiger partial charge on any atom is -0.486 e. The smallest absolute Gasteiger partial charge is 0.161 e. The Labute approximate surface area is 168 Å². The number of pyridine rings is 1. The van der Waals surface area contributed by atoms with Crippen LogP contribution in [0.5, 0.6) is 11.5 Å². The zero-order chi connectivity index (χ0) is 18.6. The molecule has 0 bridgehead atoms. The maximum atomic E-state index is 6.31. The van der Waals surface area contributed by atoms with Crippen LogP contribution in [0.4, 0.5) is 0 Å². The fourth-order valence-corrected chi connectivity index (χ4v) is 3.51. The normalized spacial score (nSPS) is 15.6. The second-order valence-corrected chi connectivity index (χ2v) is 7.18. The molecular weight excluding hydrogens is 383 g/mol. The monoisotopic (exact) mass is 400 g/mol. The van der Waals surface area contributed by atoms with Crippen LogP contribution >= 0.6 is 23.2 Å². The topological polar surface area (TPSA) is 43.4 Å². The lowest BCUT2D eigenvalue weighted by molar-refractivity contribution is 0.0902. The van der Waals surface area contributed by atoms with E-state index in [0.29, 0.717) is 29.7 Å². The van der Waals surface area contributed by atoms with Crippen molar-refractivity contribution in [1.82, 2.24) is 10.3 Å². The van der Waals surface area contributed by atoms with Crippen molar-refractivity contribution >= 4 is 23.2 Å². The number of nitrogens with zero attached hydrogens (tertiary/aromatic N) is 1. The van der Waals surface area contributed by atoms with Crippen molar-refractivity contribution in [3.8, 4) is 22.6 Å². The molecule has 1 N–H and O–H groups in total. The number of hydrogen-bond donors (Lipinski definition) is 1. The highest BCUT2D eigenvalue weighted by molar-refractivity contribution is 6.36. The number of rotatable bonds is 5. The van der Waals surface area contributed by atoms with Crippen LogP contribution < -0.4 is 14.8 Å². The van der Waals surface area contributed by atoms with Crippen molar-refractivity contribution in [3.05, 3.63) is 76.5 Å². The molecule has 0 spiro atoms. The molecule has 1 unspecified atom stereocenters. The van der Waals surface area contributed by atoms with E-state index in [2.05, 4.69) is 16.4 Å². The van der Waals surface area contributed by atoms with Crippen molar-refractivity contribution in [2.45, 2.75) is 12.6 Å². The maximum Gasteiger partial charge on any atom is 0.161 e. The highest BCUT2D eigenvalue weighted by Gasteiger charge is 2.20. The van der Waals surface area contributed by atoms with E-state index < -0.39 is 0 Å². The van der Waals surface area contributed by atoms with E-state index >= 15 is 0 Å². The molecule has 1 aliphatic heterocycles. The van der Waals surface area contributed by atoms with Crippen LogP contribution in [0.3, 0.4) is 0 Å². The molecule has 6 heteroatoms. The first-order valence-corrected chi connectivity index (χ1v) is 9.43. The van der Waals surface area contributed by atoms with Gasteiger partial charge in [0.1, 0.15) is 12.7 Å². The molecule has 4 nitrogen and oxygen atoms in total. The molecule has 1 aliphatic rings. The van der Waals surface area contributed by atoms with Crippen LogP contribution in [-0.4, -0.2) is 24.2 Å². The second-order valence-electron chi connectivity index (χ2n) is 6.33. The summed E-state index contributed by atoms with van der Waals surface area (Å²) in [6.07, 6.45) is 3.61. The van der Waals surface area contributed by atoms with Crippen LogP contribution in [0.2, 0.25) is 10.0 Å². The standard InChI is InChI=1S/C21H18Cl2N2O2/c22-16-5-6-18(19(23)8-16)15-7-14(9-24-11-15)10-25-12-17-13-26-20-3-1-2-4-21(20)27-17/h1-9,11,17,25H,10,12-13H2. The van der Waals surface area contributed by atoms with Gasteiger partial charge < -0.3 is 14.8 Å². The number of para-hydroxylation sites is 2. The molecule has 2 aromatic carbocycles. The molecule has 0 fully saturated rings. The Morgan fingerprint density at radius 2 is 1.89 bits per heavy atom. The fourth-order valence-electron chi connectivity index (χ4n) is 3.00. The molecule has 138 valence electrons. The molecule has 1 atom stereocenters. The number of halogens is 2. The first kappa shape index (κ1) is 18.1. The first-order chi connectivity index (χ1) is 13.2. The van der Waals surface area contributed by atoms with E-state index in [1.807, 2.05) is 42.6 Å². The van der Waals surface area contributed by atoms with Gasteiger partial charge in [0.05, 0.1) is 0 Å². The summed E-state index contributed by atoms with van der Waals surface area (Å²) < 4.78 is 11.7. The first-order valence-electron chi connectivity index (χ1n) is 8.67. The minimum absolute atomic E-state index is 0.0262. The summed E-state index contributed by atoms with van der Waals surface area (Å²) in [5.41, 5.74) is 2.94. The quantitative estimate of drug-likeness (QED) is 0.655. The van der Waals surface area contributed by atoms with Gasteiger partial charge in [-0.25, -0.2) is 0 Å². The molecule has 1 aromatic heterocycles. The summed E-state index contributed by atoms with van der Waals surface area (Å²) in [6.45, 7) is 1.89. The van der Waals surface area contributed by atoms with Crippen LogP contribution in [0.15, 0.2) is 60.9 Å². The van der Waals surface area contributed by atoms with Gasteiger partial charge in [0.25, 0.3) is 0 Å². The SMILES string of the molecule is Clc1ccc(-c2cncc(CNCC3COc4ccccc4O3)c2)c(Cl)c1. The molecule has 2 heterocycles. The average molecular weight is 401 g/mol. The lowest BCUT2D eigenvalue weighted by Gasteiger charge is -2.26. The van der Waals surface area contributed by atoms with Gasteiger partial charge in [-0.3, -0.25) is 4.98 Å². The largest absolute Gasteiger partial charge is 0.486 e. The van der Waals surface area contributed by atoms with Crippen LogP contribution in [0.1, 0.15) is 5.56 Å². The Morgan fingerprint density at radius 1 is 1.04 bits per heavy atom. The lowest BCUT2D eigenvalue weighted by atomic mass is 10.1. The summed E-state index contributed by atoms with van der Waals surface area (Å²) in [6, 6.07) is 15.3. The summed E-state index contributed by atoms with van der Waals surface area (Å²) >= 11 is 12.3. The van der Waals surface area contributed by atoms with Gasteiger partial charge in [-0.2, -0.15) is 0 Å². The Morgan fingerprint density at radius 3 is 2.74 bits per heavy atom. The van der Waals surface area contributed by atoms with Crippen molar-refractivity contribution in [3.63, 3.8) is 0 Å². The Bertz CT molecular complexity index is 949. The highest BCUT2D eigenvalue weighted by Crippen LogP contribution is 2.31. The van der Waals surface area contributed by atoms with E-state index in [0.717, 1.165) is 28.2 Å². The molecular formula is C21H18Cl2N2O2. The van der Waals surface area contributed by atoms with Crippen molar-refractivity contribution < 1.29 is 9.47 Å². The van der Waals surface area contributed by atoms with Crippen molar-refractivity contribution in [1.29, 1.82) is 0 Å². The molecule has 0 radical (unpaired) electrons. The summed E-state index contributed by atoms with van der Waals surface area (Å²) in [4.78, 5) is 4.33. The maximum absolute atomic E-state index is 6.31. The van der Waals surface area contributed by atoms with E-state index in [-0.39, 0.29) is 6.10 Å². The van der Waals surface area contributed by atoms with Gasteiger partial charge in [0.2, 0.25) is 0 Å². The van der Waals surface area contributed by atoms with Crippen molar-refractivity contribution in [2.24, 2.45) is 0 Å². The molecule has 27 heavy (non-hydrogen) atoms. The zero-order valence-electron chi connectivity index (χ0n) is 14.5.